The van der Waals surface area contributed by atoms with Crippen LogP contribution in [0.15, 0.2) is 60.8 Å². The van der Waals surface area contributed by atoms with Gasteiger partial charge in [-0.2, -0.15) is 0 Å². The maximum absolute atomic E-state index is 13.6. The van der Waals surface area contributed by atoms with E-state index in [0.29, 0.717) is 17.4 Å². The number of ether oxygens (including phenoxy) is 1. The molecule has 1 amide bonds. The van der Waals surface area contributed by atoms with Gasteiger partial charge in [-0.15, -0.1) is 0 Å². The molecule has 1 N–H and O–H groups in total. The summed E-state index contributed by atoms with van der Waals surface area (Å²) in [6, 6.07) is -0.892. The van der Waals surface area contributed by atoms with Gasteiger partial charge in [0.2, 0.25) is 5.91 Å². The van der Waals surface area contributed by atoms with Crippen LogP contribution in [0.2, 0.25) is 0 Å². The van der Waals surface area contributed by atoms with E-state index in [0.717, 1.165) is 83.5 Å². The number of rotatable bonds is 62. The zero-order chi connectivity index (χ0) is 58.6. The minimum atomic E-state index is -4.70. The summed E-state index contributed by atoms with van der Waals surface area (Å²) >= 11 is 0. The Morgan fingerprint density at radius 2 is 0.762 bits per heavy atom. The Kier molecular flexibility index (Phi) is 58.1. The summed E-state index contributed by atoms with van der Waals surface area (Å²) < 4.78 is 30.4. The quantitative estimate of drug-likeness (QED) is 0.0212. The van der Waals surface area contributed by atoms with Gasteiger partial charge in [0.1, 0.15) is 19.3 Å². The molecule has 0 aliphatic heterocycles. The molecule has 0 heterocycles. The highest BCUT2D eigenvalue weighted by atomic mass is 31.2. The van der Waals surface area contributed by atoms with Crippen LogP contribution >= 0.6 is 7.82 Å². The zero-order valence-corrected chi connectivity index (χ0v) is 54.4. The Labute approximate surface area is 496 Å². The molecule has 0 aromatic rings. The number of phosphoric ester groups is 1. The van der Waals surface area contributed by atoms with Crippen LogP contribution in [0.4, 0.5) is 0 Å². The molecule has 0 aromatic heterocycles. The predicted molar refractivity (Wildman–Crippen MR) is 344 cm³/mol. The minimum absolute atomic E-state index is 0.0235. The molecule has 3 atom stereocenters. The number of unbranched alkanes of at least 4 members (excludes halogenated alkanes) is 38. The molecule has 3 unspecified atom stereocenters. The molecule has 0 aliphatic rings. The SMILES string of the molecule is CCCCC/C=C\C/C=C\C/C=C\CCCCCCCCCCCCCCC(=O)NC(COP(=O)([O-])OCC[N+](C)(C)C)C(/C=C\CCCCCCCCCCCC)OC(=O)CCCCCCCCC/C=C/CCCCCCCC. The van der Waals surface area contributed by atoms with Crippen LogP contribution in [0.3, 0.4) is 0 Å². The molecular formula is C70H131N2O7P. The number of carbonyl (C=O) groups excluding carboxylic acids is 2. The van der Waals surface area contributed by atoms with Gasteiger partial charge < -0.3 is 28.5 Å². The van der Waals surface area contributed by atoms with Gasteiger partial charge >= 0.3 is 5.97 Å². The second kappa shape index (κ2) is 59.9. The summed E-state index contributed by atoms with van der Waals surface area (Å²) in [5.41, 5.74) is 0. The predicted octanol–water partition coefficient (Wildman–Crippen LogP) is 20.8. The van der Waals surface area contributed by atoms with Gasteiger partial charge in [0, 0.05) is 12.8 Å². The largest absolute Gasteiger partial charge is 0.756 e. The lowest BCUT2D eigenvalue weighted by atomic mass is 10.0. The number of carbonyl (C=O) groups is 2. The van der Waals surface area contributed by atoms with E-state index in [9.17, 15) is 19.0 Å². The van der Waals surface area contributed by atoms with Crippen molar-refractivity contribution in [1.82, 2.24) is 5.32 Å². The van der Waals surface area contributed by atoms with Gasteiger partial charge in [0.05, 0.1) is 33.8 Å². The molecule has 0 spiro atoms. The van der Waals surface area contributed by atoms with Crippen molar-refractivity contribution in [3.8, 4) is 0 Å². The Hall–Kier alpha value is -2.29. The van der Waals surface area contributed by atoms with Gasteiger partial charge in [0.25, 0.3) is 7.82 Å². The zero-order valence-electron chi connectivity index (χ0n) is 53.5. The van der Waals surface area contributed by atoms with Gasteiger partial charge in [-0.1, -0.05) is 275 Å². The lowest BCUT2D eigenvalue weighted by Crippen LogP contribution is -2.47. The third-order valence-corrected chi connectivity index (χ3v) is 16.1. The summed E-state index contributed by atoms with van der Waals surface area (Å²) in [5.74, 6) is -0.538. The normalized spacial score (nSPS) is 13.9. The topological polar surface area (TPSA) is 114 Å². The Morgan fingerprint density at radius 1 is 0.438 bits per heavy atom. The fourth-order valence-corrected chi connectivity index (χ4v) is 10.6. The summed E-state index contributed by atoms with van der Waals surface area (Å²) in [4.78, 5) is 40.1. The standard InChI is InChI=1S/C70H131N2O7P/c1-7-10-13-16-19-22-25-28-30-32-33-34-35-36-37-38-39-41-42-44-47-50-53-56-59-62-69(73)71-67(66-78-80(75,76)77-65-64-72(4,5)6)68(61-58-55-52-49-46-27-24-21-18-15-12-9-3)79-70(74)63-60-57-54-51-48-45-43-40-31-29-26-23-20-17-14-11-8-2/h19,22,28-31,33-34,58,61,67-68H,7-18,20-21,23-27,32,35-57,59-60,62-66H2,1-6H3,(H-,71,73,75,76)/b22-19-,30-28-,31-29+,34-33-,61-58-. The molecule has 0 aromatic carbocycles. The van der Waals surface area contributed by atoms with Crippen molar-refractivity contribution < 1.29 is 37.3 Å². The van der Waals surface area contributed by atoms with Gasteiger partial charge in [0.15, 0.2) is 0 Å². The van der Waals surface area contributed by atoms with Crippen LogP contribution in [0.25, 0.3) is 0 Å². The fraction of sp³-hybridized carbons (Fsp3) is 0.829. The van der Waals surface area contributed by atoms with Crippen LogP contribution < -0.4 is 10.2 Å². The highest BCUT2D eigenvalue weighted by molar-refractivity contribution is 7.45. The molecule has 9 nitrogen and oxygen atoms in total. The molecule has 468 valence electrons. The third kappa shape index (κ3) is 60.3. The third-order valence-electron chi connectivity index (χ3n) is 15.2. The van der Waals surface area contributed by atoms with Crippen molar-refractivity contribution in [3.63, 3.8) is 0 Å². The first-order chi connectivity index (χ1) is 38.9. The average Bonchev–Trinajstić information content (AvgIpc) is 3.42. The van der Waals surface area contributed by atoms with Crippen molar-refractivity contribution in [2.75, 3.05) is 40.9 Å². The number of likely N-dealkylation sites (N-methyl/N-ethyl adjacent to an activating group) is 1. The second-order valence-electron chi connectivity index (χ2n) is 24.3. The maximum Gasteiger partial charge on any atom is 0.306 e. The molecular weight excluding hydrogens is 1010 g/mol. The number of quaternary nitrogens is 1. The number of allylic oxidation sites excluding steroid dienone is 9. The van der Waals surface area contributed by atoms with Crippen molar-refractivity contribution in [3.05, 3.63) is 60.8 Å². The van der Waals surface area contributed by atoms with Crippen LogP contribution in [-0.2, 0) is 27.9 Å². The maximum atomic E-state index is 13.6. The molecule has 0 saturated heterocycles. The number of phosphoric acid groups is 1. The first-order valence-electron chi connectivity index (χ1n) is 34.1. The number of amides is 1. The summed E-state index contributed by atoms with van der Waals surface area (Å²) in [6.07, 6.45) is 76.2. The molecule has 0 aliphatic carbocycles. The van der Waals surface area contributed by atoms with Crippen LogP contribution in [0.1, 0.15) is 323 Å². The molecule has 0 fully saturated rings. The Bertz CT molecular complexity index is 1550. The first kappa shape index (κ1) is 77.7. The molecule has 80 heavy (non-hydrogen) atoms. The first-order valence-corrected chi connectivity index (χ1v) is 35.6. The van der Waals surface area contributed by atoms with E-state index in [-0.39, 0.29) is 31.5 Å². The van der Waals surface area contributed by atoms with Crippen LogP contribution in [-0.4, -0.2) is 69.4 Å². The average molecular weight is 1140 g/mol. The van der Waals surface area contributed by atoms with Gasteiger partial charge in [-0.25, -0.2) is 0 Å². The van der Waals surface area contributed by atoms with Gasteiger partial charge in [-0.05, 0) is 96.0 Å². The monoisotopic (exact) mass is 1140 g/mol. The van der Waals surface area contributed by atoms with E-state index in [2.05, 4.69) is 74.7 Å². The van der Waals surface area contributed by atoms with E-state index >= 15 is 0 Å². The lowest BCUT2D eigenvalue weighted by Gasteiger charge is -2.30. The van der Waals surface area contributed by atoms with Crippen LogP contribution in [0.5, 0.6) is 0 Å². The van der Waals surface area contributed by atoms with E-state index in [1.54, 1.807) is 0 Å². The van der Waals surface area contributed by atoms with Crippen molar-refractivity contribution in [2.24, 2.45) is 0 Å². The van der Waals surface area contributed by atoms with Crippen LogP contribution in [0, 0.1) is 0 Å². The van der Waals surface area contributed by atoms with Gasteiger partial charge in [-0.3, -0.25) is 14.2 Å². The molecule has 0 saturated carbocycles. The van der Waals surface area contributed by atoms with Crippen molar-refractivity contribution in [2.45, 2.75) is 335 Å². The number of nitrogens with zero attached hydrogens (tertiary/aromatic N) is 1. The molecule has 0 rings (SSSR count). The number of hydrogen-bond donors (Lipinski definition) is 1. The Balaban J connectivity index is 5.09. The minimum Gasteiger partial charge on any atom is -0.756 e. The molecule has 0 radical (unpaired) electrons. The van der Waals surface area contributed by atoms with E-state index in [1.165, 1.54) is 205 Å². The highest BCUT2D eigenvalue weighted by Gasteiger charge is 2.27. The molecule has 10 heteroatoms. The van der Waals surface area contributed by atoms with E-state index in [4.69, 9.17) is 13.8 Å². The summed E-state index contributed by atoms with van der Waals surface area (Å²) in [7, 11) is 1.19. The van der Waals surface area contributed by atoms with E-state index in [1.807, 2.05) is 33.3 Å². The second-order valence-corrected chi connectivity index (χ2v) is 25.7. The molecule has 0 bridgehead atoms. The highest BCUT2D eigenvalue weighted by Crippen LogP contribution is 2.38. The number of nitrogens with one attached hydrogen (secondary N) is 1. The van der Waals surface area contributed by atoms with Crippen molar-refractivity contribution in [1.29, 1.82) is 0 Å². The van der Waals surface area contributed by atoms with E-state index < -0.39 is 20.0 Å². The lowest BCUT2D eigenvalue weighted by molar-refractivity contribution is -0.870. The summed E-state index contributed by atoms with van der Waals surface area (Å²) in [5, 5.41) is 3.04. The number of hydrogen-bond acceptors (Lipinski definition) is 7. The van der Waals surface area contributed by atoms with Crippen molar-refractivity contribution >= 4 is 19.7 Å². The Morgan fingerprint density at radius 3 is 1.18 bits per heavy atom. The number of esters is 1. The fourth-order valence-electron chi connectivity index (χ4n) is 9.88. The smallest absolute Gasteiger partial charge is 0.306 e. The summed E-state index contributed by atoms with van der Waals surface area (Å²) in [6.45, 7) is 6.84.